The number of amides is 1. The number of nitrogens with zero attached hydrogens (tertiary/aromatic N) is 2. The fraction of sp³-hybridized carbons (Fsp3) is 0.333. The normalized spacial score (nSPS) is 15.0. The molecule has 0 saturated carbocycles. The quantitative estimate of drug-likeness (QED) is 0.611. The average molecular weight is 417 g/mol. The zero-order chi connectivity index (χ0) is 19.5. The van der Waals surface area contributed by atoms with Crippen molar-refractivity contribution in [3.05, 3.63) is 53.1 Å². The molecule has 0 spiro atoms. The molecular formula is C21H21ClN2O3S. The van der Waals surface area contributed by atoms with Gasteiger partial charge in [-0.15, -0.1) is 0 Å². The number of methoxy groups -OCH3 is 1. The van der Waals surface area contributed by atoms with Gasteiger partial charge in [0.15, 0.2) is 0 Å². The van der Waals surface area contributed by atoms with Crippen molar-refractivity contribution in [2.24, 2.45) is 0 Å². The summed E-state index contributed by atoms with van der Waals surface area (Å²) in [6.07, 6.45) is 2.01. The summed E-state index contributed by atoms with van der Waals surface area (Å²) in [7, 11) is 1.65. The lowest BCUT2D eigenvalue weighted by Crippen LogP contribution is -2.42. The highest BCUT2D eigenvalue weighted by molar-refractivity contribution is 7.20. The summed E-state index contributed by atoms with van der Waals surface area (Å²) in [5, 5.41) is 1.31. The molecule has 3 aromatic rings. The van der Waals surface area contributed by atoms with Gasteiger partial charge in [-0.2, -0.15) is 0 Å². The van der Waals surface area contributed by atoms with Crippen LogP contribution in [0.2, 0.25) is 5.02 Å². The van der Waals surface area contributed by atoms with E-state index >= 15 is 0 Å². The van der Waals surface area contributed by atoms with Crippen molar-refractivity contribution in [2.45, 2.75) is 25.4 Å². The summed E-state index contributed by atoms with van der Waals surface area (Å²) in [4.78, 5) is 19.0. The first kappa shape index (κ1) is 19.0. The second-order valence-electron chi connectivity index (χ2n) is 6.78. The number of halogens is 1. The Bertz CT molecular complexity index is 983. The number of fused-ring (bicyclic) bond motifs is 1. The highest BCUT2D eigenvalue weighted by Gasteiger charge is 2.25. The monoisotopic (exact) mass is 416 g/mol. The molecule has 5 nitrogen and oxygen atoms in total. The zero-order valence-electron chi connectivity index (χ0n) is 15.6. The third-order valence-corrected chi connectivity index (χ3v) is 6.22. The Labute approximate surface area is 172 Å². The molecule has 2 heterocycles. The van der Waals surface area contributed by atoms with Crippen molar-refractivity contribution in [3.63, 3.8) is 0 Å². The van der Waals surface area contributed by atoms with E-state index in [-0.39, 0.29) is 12.0 Å². The number of ether oxygens (including phenoxy) is 2. The third kappa shape index (κ3) is 4.23. The van der Waals surface area contributed by atoms with Crippen LogP contribution in [0.1, 0.15) is 18.4 Å². The first-order valence-electron chi connectivity index (χ1n) is 9.25. The number of rotatable bonds is 5. The fourth-order valence-electron chi connectivity index (χ4n) is 3.34. The van der Waals surface area contributed by atoms with Crippen molar-refractivity contribution >= 4 is 39.1 Å². The molecule has 146 valence electrons. The summed E-state index contributed by atoms with van der Waals surface area (Å²) in [6.45, 7) is 1.37. The topological polar surface area (TPSA) is 51.7 Å². The first-order valence-corrected chi connectivity index (χ1v) is 10.4. The minimum Gasteiger partial charge on any atom is -0.497 e. The molecule has 0 N–H and O–H groups in total. The molecule has 1 aliphatic rings. The van der Waals surface area contributed by atoms with Crippen LogP contribution >= 0.6 is 22.9 Å². The van der Waals surface area contributed by atoms with Crippen LogP contribution in [0.25, 0.3) is 10.2 Å². The van der Waals surface area contributed by atoms with E-state index in [1.54, 1.807) is 7.11 Å². The fourth-order valence-corrected chi connectivity index (χ4v) is 4.46. The van der Waals surface area contributed by atoms with Gasteiger partial charge in [-0.05, 0) is 29.8 Å². The Hall–Kier alpha value is -2.31. The van der Waals surface area contributed by atoms with Gasteiger partial charge in [0.05, 0.1) is 23.7 Å². The van der Waals surface area contributed by atoms with E-state index in [4.69, 9.17) is 21.1 Å². The molecule has 1 amide bonds. The number of piperidine rings is 1. The maximum absolute atomic E-state index is 12.6. The van der Waals surface area contributed by atoms with Crippen LogP contribution in [0, 0.1) is 0 Å². The Morgan fingerprint density at radius 1 is 1.25 bits per heavy atom. The second kappa shape index (κ2) is 8.37. The van der Waals surface area contributed by atoms with Crippen molar-refractivity contribution in [1.82, 2.24) is 9.88 Å². The SMILES string of the molecule is COc1ccc2nc(OC3CCN(C(=O)Cc4ccccc4Cl)CC3)sc2c1. The van der Waals surface area contributed by atoms with Crippen molar-refractivity contribution in [3.8, 4) is 10.9 Å². The standard InChI is InChI=1S/C21H21ClN2O3S/c1-26-16-6-7-18-19(13-16)28-21(23-18)27-15-8-10-24(11-9-15)20(25)12-14-4-2-3-5-17(14)22/h2-7,13,15H,8-12H2,1H3. The molecule has 1 aromatic heterocycles. The number of carbonyl (C=O) groups is 1. The molecule has 1 aliphatic heterocycles. The van der Waals surface area contributed by atoms with Crippen LogP contribution in [0.15, 0.2) is 42.5 Å². The van der Waals surface area contributed by atoms with Crippen LogP contribution in [0.4, 0.5) is 0 Å². The number of hydrogen-bond acceptors (Lipinski definition) is 5. The minimum absolute atomic E-state index is 0.0758. The molecule has 4 rings (SSSR count). The van der Waals surface area contributed by atoms with Gasteiger partial charge >= 0.3 is 0 Å². The average Bonchev–Trinajstić information content (AvgIpc) is 3.11. The molecule has 1 saturated heterocycles. The second-order valence-corrected chi connectivity index (χ2v) is 8.18. The number of benzene rings is 2. The minimum atomic E-state index is 0.0758. The summed E-state index contributed by atoms with van der Waals surface area (Å²) < 4.78 is 12.4. The largest absolute Gasteiger partial charge is 0.497 e. The van der Waals surface area contributed by atoms with Gasteiger partial charge in [0.25, 0.3) is 5.19 Å². The highest BCUT2D eigenvalue weighted by Crippen LogP contribution is 2.32. The number of aromatic nitrogens is 1. The van der Waals surface area contributed by atoms with Gasteiger partial charge in [-0.3, -0.25) is 4.79 Å². The predicted molar refractivity (Wildman–Crippen MR) is 112 cm³/mol. The summed E-state index contributed by atoms with van der Waals surface area (Å²) in [6, 6.07) is 13.3. The molecule has 0 radical (unpaired) electrons. The number of thiazole rings is 1. The molecule has 1 fully saturated rings. The van der Waals surface area contributed by atoms with Gasteiger partial charge in [-0.1, -0.05) is 41.1 Å². The maximum Gasteiger partial charge on any atom is 0.274 e. The van der Waals surface area contributed by atoms with Crippen LogP contribution < -0.4 is 9.47 Å². The van der Waals surface area contributed by atoms with E-state index in [0.29, 0.717) is 29.7 Å². The molecule has 28 heavy (non-hydrogen) atoms. The lowest BCUT2D eigenvalue weighted by molar-refractivity contribution is -0.132. The van der Waals surface area contributed by atoms with Crippen molar-refractivity contribution in [1.29, 1.82) is 0 Å². The lowest BCUT2D eigenvalue weighted by Gasteiger charge is -2.31. The number of hydrogen-bond donors (Lipinski definition) is 0. The molecule has 2 aromatic carbocycles. The number of carbonyl (C=O) groups excluding carboxylic acids is 1. The van der Waals surface area contributed by atoms with E-state index in [0.717, 1.165) is 34.4 Å². The van der Waals surface area contributed by atoms with Crippen LogP contribution in [-0.4, -0.2) is 42.1 Å². The third-order valence-electron chi connectivity index (χ3n) is 4.94. The van der Waals surface area contributed by atoms with E-state index < -0.39 is 0 Å². The lowest BCUT2D eigenvalue weighted by atomic mass is 10.1. The Morgan fingerprint density at radius 3 is 2.79 bits per heavy atom. The first-order chi connectivity index (χ1) is 13.6. The van der Waals surface area contributed by atoms with Crippen LogP contribution in [0.3, 0.4) is 0 Å². The zero-order valence-corrected chi connectivity index (χ0v) is 17.1. The molecule has 0 aliphatic carbocycles. The highest BCUT2D eigenvalue weighted by atomic mass is 35.5. The van der Waals surface area contributed by atoms with E-state index in [9.17, 15) is 4.79 Å². The number of likely N-dealkylation sites (tertiary alicyclic amines) is 1. The van der Waals surface area contributed by atoms with Gasteiger partial charge in [0.2, 0.25) is 5.91 Å². The molecule has 0 atom stereocenters. The van der Waals surface area contributed by atoms with Crippen molar-refractivity contribution < 1.29 is 14.3 Å². The van der Waals surface area contributed by atoms with Crippen LogP contribution in [0.5, 0.6) is 10.9 Å². The van der Waals surface area contributed by atoms with Gasteiger partial charge < -0.3 is 14.4 Å². The van der Waals surface area contributed by atoms with E-state index in [2.05, 4.69) is 4.98 Å². The molecule has 7 heteroatoms. The molecular weight excluding hydrogens is 396 g/mol. The Balaban J connectivity index is 1.33. The summed E-state index contributed by atoms with van der Waals surface area (Å²) >= 11 is 7.69. The Kier molecular flexibility index (Phi) is 5.69. The van der Waals surface area contributed by atoms with Gasteiger partial charge in [0, 0.05) is 31.0 Å². The predicted octanol–water partition coefficient (Wildman–Crippen LogP) is 4.57. The molecule has 0 bridgehead atoms. The van der Waals surface area contributed by atoms with Crippen LogP contribution in [-0.2, 0) is 11.2 Å². The van der Waals surface area contributed by atoms with Gasteiger partial charge in [-0.25, -0.2) is 4.98 Å². The smallest absolute Gasteiger partial charge is 0.274 e. The molecule has 0 unspecified atom stereocenters. The van der Waals surface area contributed by atoms with E-state index in [1.165, 1.54) is 11.3 Å². The van der Waals surface area contributed by atoms with Gasteiger partial charge in [0.1, 0.15) is 11.9 Å². The Morgan fingerprint density at radius 2 is 2.04 bits per heavy atom. The van der Waals surface area contributed by atoms with Crippen molar-refractivity contribution in [2.75, 3.05) is 20.2 Å². The summed E-state index contributed by atoms with van der Waals surface area (Å²) in [5.74, 6) is 0.923. The summed E-state index contributed by atoms with van der Waals surface area (Å²) in [5.41, 5.74) is 1.78. The van der Waals surface area contributed by atoms with E-state index in [1.807, 2.05) is 47.4 Å². The maximum atomic E-state index is 12.6.